The minimum absolute atomic E-state index is 0.0140. The standard InChI is InChI=1S/C17H9Cl2F3N2O3/c18-10-5-11-14(12(19)6-10)23-15(24(16(11)27)7-13(25)26)8-2-1-3-9(4-8)17(20,21)22/h1-6H,7H2,(H,25,26). The van der Waals surface area contributed by atoms with Gasteiger partial charge < -0.3 is 5.11 Å². The highest BCUT2D eigenvalue weighted by Gasteiger charge is 2.31. The molecule has 1 N–H and O–H groups in total. The fourth-order valence-electron chi connectivity index (χ4n) is 2.59. The normalized spacial score (nSPS) is 11.7. The van der Waals surface area contributed by atoms with Crippen molar-refractivity contribution in [3.63, 3.8) is 0 Å². The van der Waals surface area contributed by atoms with Crippen molar-refractivity contribution in [3.05, 3.63) is 62.4 Å². The van der Waals surface area contributed by atoms with Gasteiger partial charge in [-0.2, -0.15) is 13.2 Å². The number of aliphatic carboxylic acids is 1. The largest absolute Gasteiger partial charge is 0.480 e. The van der Waals surface area contributed by atoms with Gasteiger partial charge >= 0.3 is 12.1 Å². The molecule has 0 saturated heterocycles. The number of carboxylic acid groups (broad SMARTS) is 1. The van der Waals surface area contributed by atoms with E-state index in [0.717, 1.165) is 22.8 Å². The molecule has 140 valence electrons. The first kappa shape index (κ1) is 19.2. The lowest BCUT2D eigenvalue weighted by Crippen LogP contribution is -2.27. The van der Waals surface area contributed by atoms with Crippen LogP contribution in [0.25, 0.3) is 22.3 Å². The molecule has 5 nitrogen and oxygen atoms in total. The Bertz CT molecular complexity index is 1130. The Balaban J connectivity index is 2.38. The molecule has 27 heavy (non-hydrogen) atoms. The summed E-state index contributed by atoms with van der Waals surface area (Å²) in [6, 6.07) is 6.68. The molecule has 0 radical (unpaired) electrons. The molecule has 0 bridgehead atoms. The molecule has 0 atom stereocenters. The van der Waals surface area contributed by atoms with Crippen LogP contribution in [0.15, 0.2) is 41.2 Å². The number of halogens is 5. The first-order valence-electron chi connectivity index (χ1n) is 7.37. The van der Waals surface area contributed by atoms with Crippen LogP contribution in [0.1, 0.15) is 5.56 Å². The number of alkyl halides is 3. The molecule has 10 heteroatoms. The lowest BCUT2D eigenvalue weighted by Gasteiger charge is -2.14. The molecule has 0 fully saturated rings. The van der Waals surface area contributed by atoms with Crippen LogP contribution >= 0.6 is 23.2 Å². The first-order valence-corrected chi connectivity index (χ1v) is 8.12. The van der Waals surface area contributed by atoms with Gasteiger partial charge in [-0.1, -0.05) is 35.3 Å². The summed E-state index contributed by atoms with van der Waals surface area (Å²) in [6.45, 7) is -0.794. The minimum Gasteiger partial charge on any atom is -0.480 e. The van der Waals surface area contributed by atoms with E-state index in [0.29, 0.717) is 0 Å². The molecule has 1 aromatic heterocycles. The third kappa shape index (κ3) is 3.77. The summed E-state index contributed by atoms with van der Waals surface area (Å²) in [5.74, 6) is -1.61. The van der Waals surface area contributed by atoms with E-state index in [2.05, 4.69) is 4.98 Å². The van der Waals surface area contributed by atoms with Gasteiger partial charge in [-0.05, 0) is 24.3 Å². The van der Waals surface area contributed by atoms with Crippen LogP contribution < -0.4 is 5.56 Å². The lowest BCUT2D eigenvalue weighted by molar-refractivity contribution is -0.138. The SMILES string of the molecule is O=C(O)Cn1c(-c2cccc(C(F)(F)F)c2)nc2c(Cl)cc(Cl)cc2c1=O. The van der Waals surface area contributed by atoms with E-state index < -0.39 is 29.8 Å². The van der Waals surface area contributed by atoms with E-state index in [-0.39, 0.29) is 32.3 Å². The molecular weight excluding hydrogens is 408 g/mol. The summed E-state index contributed by atoms with van der Waals surface area (Å²) in [5.41, 5.74) is -1.80. The number of aromatic nitrogens is 2. The molecule has 0 spiro atoms. The molecule has 3 aromatic rings. The average molecular weight is 417 g/mol. The van der Waals surface area contributed by atoms with E-state index >= 15 is 0 Å². The second-order valence-corrected chi connectivity index (χ2v) is 6.43. The van der Waals surface area contributed by atoms with Gasteiger partial charge in [-0.15, -0.1) is 0 Å². The van der Waals surface area contributed by atoms with Crippen LogP contribution in [-0.2, 0) is 17.5 Å². The maximum Gasteiger partial charge on any atom is 0.416 e. The van der Waals surface area contributed by atoms with Crippen molar-refractivity contribution in [2.75, 3.05) is 0 Å². The summed E-state index contributed by atoms with van der Waals surface area (Å²) < 4.78 is 39.8. The van der Waals surface area contributed by atoms with Crippen molar-refractivity contribution >= 4 is 40.1 Å². The van der Waals surface area contributed by atoms with Gasteiger partial charge in [0.05, 0.1) is 21.5 Å². The predicted octanol–water partition coefficient (Wildman–Crippen LogP) is 4.47. The molecular formula is C17H9Cl2F3N2O3. The molecule has 3 rings (SSSR count). The van der Waals surface area contributed by atoms with E-state index in [1.807, 2.05) is 0 Å². The molecule has 2 aromatic carbocycles. The smallest absolute Gasteiger partial charge is 0.416 e. The predicted molar refractivity (Wildman–Crippen MR) is 94.1 cm³/mol. The van der Waals surface area contributed by atoms with Gasteiger partial charge in [-0.3, -0.25) is 14.2 Å². The molecule has 0 aliphatic rings. The van der Waals surface area contributed by atoms with Crippen molar-refractivity contribution in [1.29, 1.82) is 0 Å². The number of fused-ring (bicyclic) bond motifs is 1. The van der Waals surface area contributed by atoms with E-state index in [1.165, 1.54) is 18.2 Å². The third-order valence-corrected chi connectivity index (χ3v) is 4.22. The molecule has 0 aliphatic heterocycles. The number of carboxylic acids is 1. The van der Waals surface area contributed by atoms with Gasteiger partial charge in [0.2, 0.25) is 0 Å². The molecule has 0 amide bonds. The van der Waals surface area contributed by atoms with Gasteiger partial charge in [-0.25, -0.2) is 4.98 Å². The maximum absolute atomic E-state index is 13.0. The number of carbonyl (C=O) groups is 1. The zero-order valence-electron chi connectivity index (χ0n) is 13.2. The number of hydrogen-bond acceptors (Lipinski definition) is 3. The van der Waals surface area contributed by atoms with E-state index in [9.17, 15) is 22.8 Å². The highest BCUT2D eigenvalue weighted by Crippen LogP contribution is 2.32. The third-order valence-electron chi connectivity index (χ3n) is 3.72. The monoisotopic (exact) mass is 416 g/mol. The molecule has 0 aliphatic carbocycles. The summed E-state index contributed by atoms with van der Waals surface area (Å²) in [4.78, 5) is 28.1. The molecule has 1 heterocycles. The summed E-state index contributed by atoms with van der Waals surface area (Å²) in [6.07, 6.45) is -4.62. The van der Waals surface area contributed by atoms with Crippen LogP contribution in [0.2, 0.25) is 10.0 Å². The highest BCUT2D eigenvalue weighted by molar-refractivity contribution is 6.38. The summed E-state index contributed by atoms with van der Waals surface area (Å²) in [5, 5.41) is 9.23. The van der Waals surface area contributed by atoms with Crippen LogP contribution in [0, 0.1) is 0 Å². The van der Waals surface area contributed by atoms with Crippen molar-refractivity contribution in [2.24, 2.45) is 0 Å². The Morgan fingerprint density at radius 2 is 1.89 bits per heavy atom. The Labute approximate surface area is 159 Å². The van der Waals surface area contributed by atoms with Crippen LogP contribution in [0.4, 0.5) is 13.2 Å². The van der Waals surface area contributed by atoms with Crippen molar-refractivity contribution in [1.82, 2.24) is 9.55 Å². The van der Waals surface area contributed by atoms with Crippen molar-refractivity contribution in [2.45, 2.75) is 12.7 Å². The Morgan fingerprint density at radius 1 is 1.19 bits per heavy atom. The Hall–Kier alpha value is -2.58. The Morgan fingerprint density at radius 3 is 2.52 bits per heavy atom. The van der Waals surface area contributed by atoms with Crippen molar-refractivity contribution < 1.29 is 23.1 Å². The zero-order chi connectivity index (χ0) is 19.9. The lowest BCUT2D eigenvalue weighted by atomic mass is 10.1. The second-order valence-electron chi connectivity index (χ2n) is 5.58. The van der Waals surface area contributed by atoms with E-state index in [1.54, 1.807) is 0 Å². The Kier molecular flexibility index (Phi) is 4.88. The van der Waals surface area contributed by atoms with Crippen LogP contribution in [0.3, 0.4) is 0 Å². The average Bonchev–Trinajstić information content (AvgIpc) is 2.57. The molecule has 0 unspecified atom stereocenters. The van der Waals surface area contributed by atoms with Crippen molar-refractivity contribution in [3.8, 4) is 11.4 Å². The first-order chi connectivity index (χ1) is 12.6. The maximum atomic E-state index is 13.0. The number of benzene rings is 2. The van der Waals surface area contributed by atoms with Gasteiger partial charge in [0.25, 0.3) is 5.56 Å². The highest BCUT2D eigenvalue weighted by atomic mass is 35.5. The topological polar surface area (TPSA) is 72.2 Å². The van der Waals surface area contributed by atoms with Gasteiger partial charge in [0, 0.05) is 10.6 Å². The van der Waals surface area contributed by atoms with Crippen LogP contribution in [-0.4, -0.2) is 20.6 Å². The fourth-order valence-corrected chi connectivity index (χ4v) is 3.12. The number of rotatable bonds is 3. The molecule has 0 saturated carbocycles. The second kappa shape index (κ2) is 6.86. The van der Waals surface area contributed by atoms with Gasteiger partial charge in [0.15, 0.2) is 0 Å². The van der Waals surface area contributed by atoms with Gasteiger partial charge in [0.1, 0.15) is 12.4 Å². The summed E-state index contributed by atoms with van der Waals surface area (Å²) in [7, 11) is 0. The fraction of sp³-hybridized carbons (Fsp3) is 0.118. The quantitative estimate of drug-likeness (QED) is 0.683. The van der Waals surface area contributed by atoms with Crippen LogP contribution in [0.5, 0.6) is 0 Å². The number of hydrogen-bond donors (Lipinski definition) is 1. The summed E-state index contributed by atoms with van der Waals surface area (Å²) >= 11 is 11.9. The minimum atomic E-state index is -4.62. The number of nitrogens with zero attached hydrogens (tertiary/aromatic N) is 2. The zero-order valence-corrected chi connectivity index (χ0v) is 14.7. The van der Waals surface area contributed by atoms with E-state index in [4.69, 9.17) is 28.3 Å².